The average Bonchev–Trinajstić information content (AvgIpc) is 1.85. The molecule has 2 heteroatoms. The van der Waals surface area contributed by atoms with E-state index < -0.39 is 0 Å². The van der Waals surface area contributed by atoms with Crippen LogP contribution in [0.4, 0.5) is 0 Å². The Morgan fingerprint density at radius 3 is 3.10 bits per heavy atom. The fourth-order valence-electron chi connectivity index (χ4n) is 2.12. The van der Waals surface area contributed by atoms with Crippen LogP contribution in [0.1, 0.15) is 25.7 Å². The SMILES string of the molecule is O=C1C[C@@H]2CCN[C@H](C1)C2. The predicted molar refractivity (Wildman–Crippen MR) is 38.8 cm³/mol. The van der Waals surface area contributed by atoms with Crippen LogP contribution in [0.25, 0.3) is 0 Å². The van der Waals surface area contributed by atoms with Crippen LogP contribution in [0.3, 0.4) is 0 Å². The quantitative estimate of drug-likeness (QED) is 0.535. The Morgan fingerprint density at radius 2 is 2.30 bits per heavy atom. The van der Waals surface area contributed by atoms with Crippen molar-refractivity contribution in [2.75, 3.05) is 6.54 Å². The van der Waals surface area contributed by atoms with Gasteiger partial charge in [-0.2, -0.15) is 0 Å². The molecule has 56 valence electrons. The van der Waals surface area contributed by atoms with Crippen molar-refractivity contribution in [3.8, 4) is 0 Å². The molecule has 2 fully saturated rings. The summed E-state index contributed by atoms with van der Waals surface area (Å²) < 4.78 is 0. The smallest absolute Gasteiger partial charge is 0.134 e. The van der Waals surface area contributed by atoms with Gasteiger partial charge in [-0.15, -0.1) is 0 Å². The van der Waals surface area contributed by atoms with E-state index in [1.165, 1.54) is 12.8 Å². The minimum atomic E-state index is 0.466. The number of nitrogens with one attached hydrogen (secondary N) is 1. The lowest BCUT2D eigenvalue weighted by atomic mass is 9.80. The summed E-state index contributed by atoms with van der Waals surface area (Å²) in [6.07, 6.45) is 4.10. The van der Waals surface area contributed by atoms with Crippen LogP contribution in [0.2, 0.25) is 0 Å². The van der Waals surface area contributed by atoms with Gasteiger partial charge in [0.25, 0.3) is 0 Å². The summed E-state index contributed by atoms with van der Waals surface area (Å²) >= 11 is 0. The van der Waals surface area contributed by atoms with Crippen LogP contribution < -0.4 is 5.32 Å². The van der Waals surface area contributed by atoms with Crippen LogP contribution in [0.5, 0.6) is 0 Å². The predicted octanol–water partition coefficient (Wildman–Crippen LogP) is 0.718. The highest BCUT2D eigenvalue weighted by atomic mass is 16.1. The van der Waals surface area contributed by atoms with E-state index in [9.17, 15) is 4.79 Å². The van der Waals surface area contributed by atoms with Crippen molar-refractivity contribution in [3.63, 3.8) is 0 Å². The second-order valence-electron chi connectivity index (χ2n) is 3.49. The molecule has 0 aromatic carbocycles. The average molecular weight is 139 g/mol. The highest BCUT2D eigenvalue weighted by Gasteiger charge is 2.29. The van der Waals surface area contributed by atoms with Gasteiger partial charge < -0.3 is 5.32 Å². The van der Waals surface area contributed by atoms with Gasteiger partial charge in [-0.3, -0.25) is 4.79 Å². The lowest BCUT2D eigenvalue weighted by Crippen LogP contribution is -2.43. The zero-order chi connectivity index (χ0) is 6.97. The summed E-state index contributed by atoms with van der Waals surface area (Å²) in [5, 5.41) is 3.36. The summed E-state index contributed by atoms with van der Waals surface area (Å²) in [5.41, 5.74) is 0. The normalized spacial score (nSPS) is 39.8. The summed E-state index contributed by atoms with van der Waals surface area (Å²) in [7, 11) is 0. The van der Waals surface area contributed by atoms with E-state index in [1.807, 2.05) is 0 Å². The Kier molecular flexibility index (Phi) is 1.49. The van der Waals surface area contributed by atoms with Gasteiger partial charge in [0.1, 0.15) is 5.78 Å². The molecule has 1 aliphatic carbocycles. The van der Waals surface area contributed by atoms with Gasteiger partial charge in [-0.05, 0) is 25.3 Å². The lowest BCUT2D eigenvalue weighted by molar-refractivity contribution is -0.122. The molecule has 2 nitrogen and oxygen atoms in total. The van der Waals surface area contributed by atoms with Crippen molar-refractivity contribution in [2.45, 2.75) is 31.7 Å². The highest BCUT2D eigenvalue weighted by molar-refractivity contribution is 5.80. The lowest BCUT2D eigenvalue weighted by Gasteiger charge is -2.34. The van der Waals surface area contributed by atoms with E-state index in [0.29, 0.717) is 17.7 Å². The van der Waals surface area contributed by atoms with Crippen molar-refractivity contribution in [3.05, 3.63) is 0 Å². The van der Waals surface area contributed by atoms with Crippen molar-refractivity contribution in [2.24, 2.45) is 5.92 Å². The Balaban J connectivity index is 2.05. The molecule has 1 saturated carbocycles. The maximum Gasteiger partial charge on any atom is 0.134 e. The molecule has 1 N–H and O–H groups in total. The zero-order valence-electron chi connectivity index (χ0n) is 6.10. The van der Waals surface area contributed by atoms with Crippen LogP contribution in [-0.2, 0) is 4.79 Å². The topological polar surface area (TPSA) is 29.1 Å². The van der Waals surface area contributed by atoms with Crippen LogP contribution in [0.15, 0.2) is 0 Å². The summed E-state index contributed by atoms with van der Waals surface area (Å²) in [4.78, 5) is 11.0. The van der Waals surface area contributed by atoms with Crippen molar-refractivity contribution >= 4 is 5.78 Å². The molecule has 1 aliphatic heterocycles. The maximum absolute atomic E-state index is 11.0. The van der Waals surface area contributed by atoms with E-state index in [1.54, 1.807) is 0 Å². The molecule has 0 aromatic heterocycles. The number of hydrogen-bond donors (Lipinski definition) is 1. The fraction of sp³-hybridized carbons (Fsp3) is 0.875. The first kappa shape index (κ1) is 6.35. The van der Waals surface area contributed by atoms with Gasteiger partial charge in [0, 0.05) is 18.9 Å². The molecule has 0 amide bonds. The van der Waals surface area contributed by atoms with E-state index in [4.69, 9.17) is 0 Å². The highest BCUT2D eigenvalue weighted by Crippen LogP contribution is 2.27. The Bertz CT molecular complexity index is 141. The van der Waals surface area contributed by atoms with E-state index in [-0.39, 0.29) is 0 Å². The number of hydrogen-bond acceptors (Lipinski definition) is 2. The van der Waals surface area contributed by atoms with Crippen molar-refractivity contribution in [1.29, 1.82) is 0 Å². The first-order valence-electron chi connectivity index (χ1n) is 4.09. The molecule has 2 aliphatic rings. The van der Waals surface area contributed by atoms with E-state index in [0.717, 1.165) is 19.4 Å². The fourth-order valence-corrected chi connectivity index (χ4v) is 2.12. The molecule has 1 heterocycles. The molecule has 0 aromatic rings. The van der Waals surface area contributed by atoms with E-state index >= 15 is 0 Å². The molecular weight excluding hydrogens is 126 g/mol. The molecule has 2 atom stereocenters. The number of Topliss-reactive ketones (excluding diaryl/α,β-unsaturated/α-hetero) is 1. The number of carbonyl (C=O) groups excluding carboxylic acids is 1. The van der Waals surface area contributed by atoms with Crippen LogP contribution >= 0.6 is 0 Å². The monoisotopic (exact) mass is 139 g/mol. The van der Waals surface area contributed by atoms with E-state index in [2.05, 4.69) is 5.32 Å². The molecule has 2 rings (SSSR count). The number of fused-ring (bicyclic) bond motifs is 2. The third-order valence-electron chi connectivity index (χ3n) is 2.59. The number of rotatable bonds is 0. The van der Waals surface area contributed by atoms with Gasteiger partial charge in [-0.1, -0.05) is 0 Å². The number of piperidine rings is 1. The largest absolute Gasteiger partial charge is 0.314 e. The zero-order valence-corrected chi connectivity index (χ0v) is 6.10. The summed E-state index contributed by atoms with van der Waals surface area (Å²) in [6, 6.07) is 0.528. The van der Waals surface area contributed by atoms with Gasteiger partial charge >= 0.3 is 0 Å². The molecule has 0 unspecified atom stereocenters. The summed E-state index contributed by atoms with van der Waals surface area (Å²) in [5.74, 6) is 1.18. The second-order valence-corrected chi connectivity index (χ2v) is 3.49. The van der Waals surface area contributed by atoms with Gasteiger partial charge in [0.2, 0.25) is 0 Å². The van der Waals surface area contributed by atoms with Gasteiger partial charge in [-0.25, -0.2) is 0 Å². The summed E-state index contributed by atoms with van der Waals surface area (Å²) in [6.45, 7) is 1.13. The van der Waals surface area contributed by atoms with Crippen LogP contribution in [0, 0.1) is 5.92 Å². The second kappa shape index (κ2) is 2.35. The standard InChI is InChI=1S/C8H13NO/c10-8-4-6-1-2-9-7(3-6)5-8/h6-7,9H,1-5H2/t6-,7+/m1/s1. The molecule has 2 bridgehead atoms. The molecule has 1 saturated heterocycles. The van der Waals surface area contributed by atoms with Gasteiger partial charge in [0.15, 0.2) is 0 Å². The third kappa shape index (κ3) is 1.08. The first-order valence-corrected chi connectivity index (χ1v) is 4.09. The Labute approximate surface area is 61.0 Å². The maximum atomic E-state index is 11.0. The third-order valence-corrected chi connectivity index (χ3v) is 2.59. The van der Waals surface area contributed by atoms with Gasteiger partial charge in [0.05, 0.1) is 0 Å². The Hall–Kier alpha value is -0.370. The Morgan fingerprint density at radius 1 is 1.40 bits per heavy atom. The molecule has 0 radical (unpaired) electrons. The number of carbonyl (C=O) groups is 1. The van der Waals surface area contributed by atoms with Crippen molar-refractivity contribution < 1.29 is 4.79 Å². The first-order chi connectivity index (χ1) is 4.84. The van der Waals surface area contributed by atoms with Crippen molar-refractivity contribution in [1.82, 2.24) is 5.32 Å². The van der Waals surface area contributed by atoms with Crippen LogP contribution in [-0.4, -0.2) is 18.4 Å². The molecule has 0 spiro atoms. The molecular formula is C8H13NO. The molecule has 10 heavy (non-hydrogen) atoms. The minimum absolute atomic E-state index is 0.466. The minimum Gasteiger partial charge on any atom is -0.314 e. The number of ketones is 1.